The summed E-state index contributed by atoms with van der Waals surface area (Å²) in [6.07, 6.45) is 0. The first kappa shape index (κ1) is 13.1. The van der Waals surface area contributed by atoms with E-state index in [1.807, 2.05) is 12.4 Å². The highest BCUT2D eigenvalue weighted by Crippen LogP contribution is 2.10. The molecule has 0 aromatic carbocycles. The Morgan fingerprint density at radius 3 is 3.06 bits per heavy atom. The average molecular weight is 243 g/mol. The summed E-state index contributed by atoms with van der Waals surface area (Å²) >= 11 is 1.60. The van der Waals surface area contributed by atoms with Gasteiger partial charge in [-0.25, -0.2) is 4.98 Å². The summed E-state index contributed by atoms with van der Waals surface area (Å²) in [6.45, 7) is 4.07. The second-order valence-electron chi connectivity index (χ2n) is 3.31. The smallest absolute Gasteiger partial charge is 0.234 e. The third kappa shape index (κ3) is 4.69. The van der Waals surface area contributed by atoms with Gasteiger partial charge in [0, 0.05) is 25.1 Å². The SMILES string of the molecule is COCCNC(=O)CNCc1scnc1C. The van der Waals surface area contributed by atoms with Crippen LogP contribution in [0.1, 0.15) is 10.6 Å². The van der Waals surface area contributed by atoms with Crippen molar-refractivity contribution in [2.75, 3.05) is 26.8 Å². The number of hydrogen-bond donors (Lipinski definition) is 2. The molecular formula is C10H17N3O2S. The van der Waals surface area contributed by atoms with Crippen LogP contribution in [-0.4, -0.2) is 37.7 Å². The monoisotopic (exact) mass is 243 g/mol. The van der Waals surface area contributed by atoms with Crippen molar-refractivity contribution >= 4 is 17.2 Å². The van der Waals surface area contributed by atoms with Crippen LogP contribution in [0, 0.1) is 6.92 Å². The molecule has 16 heavy (non-hydrogen) atoms. The number of thiazole rings is 1. The summed E-state index contributed by atoms with van der Waals surface area (Å²) in [5.41, 5.74) is 2.84. The molecule has 0 unspecified atom stereocenters. The van der Waals surface area contributed by atoms with Crippen molar-refractivity contribution in [1.29, 1.82) is 0 Å². The van der Waals surface area contributed by atoms with Gasteiger partial charge in [-0.15, -0.1) is 11.3 Å². The van der Waals surface area contributed by atoms with Crippen LogP contribution < -0.4 is 10.6 Å². The maximum Gasteiger partial charge on any atom is 0.234 e. The van der Waals surface area contributed by atoms with Gasteiger partial charge in [-0.05, 0) is 6.92 Å². The summed E-state index contributed by atoms with van der Waals surface area (Å²) in [7, 11) is 1.61. The van der Waals surface area contributed by atoms with Crippen molar-refractivity contribution in [3.8, 4) is 0 Å². The maximum absolute atomic E-state index is 11.3. The average Bonchev–Trinajstić information content (AvgIpc) is 2.65. The molecule has 0 bridgehead atoms. The lowest BCUT2D eigenvalue weighted by molar-refractivity contribution is -0.120. The van der Waals surface area contributed by atoms with E-state index in [2.05, 4.69) is 15.6 Å². The quantitative estimate of drug-likeness (QED) is 0.676. The Balaban J connectivity index is 2.11. The molecule has 1 aromatic heterocycles. The van der Waals surface area contributed by atoms with Gasteiger partial charge in [0.2, 0.25) is 5.91 Å². The number of carbonyl (C=O) groups is 1. The second-order valence-corrected chi connectivity index (χ2v) is 4.25. The molecule has 1 heterocycles. The van der Waals surface area contributed by atoms with Crippen molar-refractivity contribution in [1.82, 2.24) is 15.6 Å². The molecule has 5 nitrogen and oxygen atoms in total. The van der Waals surface area contributed by atoms with Crippen molar-refractivity contribution in [3.63, 3.8) is 0 Å². The van der Waals surface area contributed by atoms with E-state index >= 15 is 0 Å². The van der Waals surface area contributed by atoms with E-state index in [-0.39, 0.29) is 5.91 Å². The minimum absolute atomic E-state index is 0.0146. The van der Waals surface area contributed by atoms with Crippen LogP contribution in [0.25, 0.3) is 0 Å². The van der Waals surface area contributed by atoms with Gasteiger partial charge in [-0.3, -0.25) is 4.79 Å². The number of aryl methyl sites for hydroxylation is 1. The van der Waals surface area contributed by atoms with Gasteiger partial charge in [0.15, 0.2) is 0 Å². The Morgan fingerprint density at radius 2 is 2.44 bits per heavy atom. The molecule has 6 heteroatoms. The summed E-state index contributed by atoms with van der Waals surface area (Å²) in [4.78, 5) is 16.6. The van der Waals surface area contributed by atoms with E-state index in [1.54, 1.807) is 18.4 Å². The predicted molar refractivity (Wildman–Crippen MR) is 63.4 cm³/mol. The zero-order chi connectivity index (χ0) is 11.8. The summed E-state index contributed by atoms with van der Waals surface area (Å²) < 4.78 is 4.83. The zero-order valence-corrected chi connectivity index (χ0v) is 10.4. The van der Waals surface area contributed by atoms with Gasteiger partial charge in [-0.2, -0.15) is 0 Å². The molecule has 0 saturated heterocycles. The fourth-order valence-corrected chi connectivity index (χ4v) is 1.89. The third-order valence-electron chi connectivity index (χ3n) is 2.04. The van der Waals surface area contributed by atoms with Crippen LogP contribution in [0.2, 0.25) is 0 Å². The van der Waals surface area contributed by atoms with Gasteiger partial charge in [0.05, 0.1) is 24.4 Å². The maximum atomic E-state index is 11.3. The van der Waals surface area contributed by atoms with Gasteiger partial charge in [0.1, 0.15) is 0 Å². The van der Waals surface area contributed by atoms with E-state index in [0.717, 1.165) is 5.69 Å². The zero-order valence-electron chi connectivity index (χ0n) is 9.58. The Labute approximate surface area is 99.2 Å². The van der Waals surface area contributed by atoms with Crippen LogP contribution in [0.15, 0.2) is 5.51 Å². The van der Waals surface area contributed by atoms with E-state index < -0.39 is 0 Å². The first-order valence-electron chi connectivity index (χ1n) is 5.09. The van der Waals surface area contributed by atoms with Crippen molar-refractivity contribution in [2.24, 2.45) is 0 Å². The number of ether oxygens (including phenoxy) is 1. The topological polar surface area (TPSA) is 63.2 Å². The minimum atomic E-state index is -0.0146. The number of amides is 1. The van der Waals surface area contributed by atoms with E-state index in [4.69, 9.17) is 4.74 Å². The number of hydrogen-bond acceptors (Lipinski definition) is 5. The molecule has 1 amide bonds. The Morgan fingerprint density at radius 1 is 1.62 bits per heavy atom. The molecule has 0 aliphatic heterocycles. The highest BCUT2D eigenvalue weighted by atomic mass is 32.1. The van der Waals surface area contributed by atoms with E-state index in [0.29, 0.717) is 26.2 Å². The lowest BCUT2D eigenvalue weighted by atomic mass is 10.4. The molecule has 0 saturated carbocycles. The lowest BCUT2D eigenvalue weighted by Crippen LogP contribution is -2.35. The lowest BCUT2D eigenvalue weighted by Gasteiger charge is -2.05. The standard InChI is InChI=1S/C10H17N3O2S/c1-8-9(16-7-13-8)5-11-6-10(14)12-3-4-15-2/h7,11H,3-6H2,1-2H3,(H,12,14). The largest absolute Gasteiger partial charge is 0.383 e. The summed E-state index contributed by atoms with van der Waals surface area (Å²) in [6, 6.07) is 0. The molecule has 1 aromatic rings. The van der Waals surface area contributed by atoms with Crippen LogP contribution in [0.4, 0.5) is 0 Å². The minimum Gasteiger partial charge on any atom is -0.383 e. The Hall–Kier alpha value is -0.980. The molecule has 0 aliphatic carbocycles. The molecule has 2 N–H and O–H groups in total. The van der Waals surface area contributed by atoms with Crippen LogP contribution in [0.5, 0.6) is 0 Å². The van der Waals surface area contributed by atoms with Crippen molar-refractivity contribution in [2.45, 2.75) is 13.5 Å². The van der Waals surface area contributed by atoms with Crippen molar-refractivity contribution in [3.05, 3.63) is 16.1 Å². The fourth-order valence-electron chi connectivity index (χ4n) is 1.14. The third-order valence-corrected chi connectivity index (χ3v) is 2.98. The molecule has 1 rings (SSSR count). The highest BCUT2D eigenvalue weighted by Gasteiger charge is 2.03. The first-order valence-corrected chi connectivity index (χ1v) is 5.97. The fraction of sp³-hybridized carbons (Fsp3) is 0.600. The van der Waals surface area contributed by atoms with Crippen LogP contribution in [-0.2, 0) is 16.1 Å². The predicted octanol–water partition coefficient (Wildman–Crippen LogP) is 0.304. The number of nitrogens with one attached hydrogen (secondary N) is 2. The van der Waals surface area contributed by atoms with E-state index in [9.17, 15) is 4.79 Å². The molecular weight excluding hydrogens is 226 g/mol. The molecule has 0 spiro atoms. The number of nitrogens with zero attached hydrogens (tertiary/aromatic N) is 1. The highest BCUT2D eigenvalue weighted by molar-refractivity contribution is 7.09. The number of carbonyl (C=O) groups excluding carboxylic acids is 1. The van der Waals surface area contributed by atoms with Gasteiger partial charge < -0.3 is 15.4 Å². The first-order chi connectivity index (χ1) is 7.74. The molecule has 0 atom stereocenters. The molecule has 0 aliphatic rings. The second kappa shape index (κ2) is 7.32. The van der Waals surface area contributed by atoms with Crippen molar-refractivity contribution < 1.29 is 9.53 Å². The number of aromatic nitrogens is 1. The summed E-state index contributed by atoms with van der Waals surface area (Å²) in [5.74, 6) is -0.0146. The van der Waals surface area contributed by atoms with E-state index in [1.165, 1.54) is 4.88 Å². The normalized spacial score (nSPS) is 10.4. The van der Waals surface area contributed by atoms with Gasteiger partial charge >= 0.3 is 0 Å². The Kier molecular flexibility index (Phi) is 5.99. The molecule has 0 radical (unpaired) electrons. The Bertz CT molecular complexity index is 328. The number of rotatable bonds is 7. The van der Waals surface area contributed by atoms with Gasteiger partial charge in [0.25, 0.3) is 0 Å². The van der Waals surface area contributed by atoms with Crippen LogP contribution >= 0.6 is 11.3 Å². The van der Waals surface area contributed by atoms with Gasteiger partial charge in [-0.1, -0.05) is 0 Å². The summed E-state index contributed by atoms with van der Waals surface area (Å²) in [5, 5.41) is 5.81. The number of methoxy groups -OCH3 is 1. The molecule has 0 fully saturated rings. The molecule has 90 valence electrons. The van der Waals surface area contributed by atoms with Crippen LogP contribution in [0.3, 0.4) is 0 Å².